The SMILES string of the molecule is COCCN(C(C)C)C(CN)c1ccc(F)c(F)c1. The summed E-state index contributed by atoms with van der Waals surface area (Å²) >= 11 is 0. The molecule has 1 aromatic rings. The van der Waals surface area contributed by atoms with Gasteiger partial charge < -0.3 is 10.5 Å². The van der Waals surface area contributed by atoms with Gasteiger partial charge in [-0.15, -0.1) is 0 Å². The number of hydrogen-bond donors (Lipinski definition) is 1. The van der Waals surface area contributed by atoms with E-state index in [0.717, 1.165) is 6.07 Å². The molecule has 0 heterocycles. The molecule has 0 saturated carbocycles. The molecule has 0 amide bonds. The zero-order valence-corrected chi connectivity index (χ0v) is 11.7. The van der Waals surface area contributed by atoms with Crippen molar-refractivity contribution < 1.29 is 13.5 Å². The van der Waals surface area contributed by atoms with Crippen LogP contribution in [0, 0.1) is 11.6 Å². The van der Waals surface area contributed by atoms with E-state index in [9.17, 15) is 8.78 Å². The molecule has 0 aliphatic rings. The fourth-order valence-corrected chi connectivity index (χ4v) is 2.15. The Morgan fingerprint density at radius 1 is 1.26 bits per heavy atom. The van der Waals surface area contributed by atoms with Gasteiger partial charge in [0.05, 0.1) is 6.61 Å². The summed E-state index contributed by atoms with van der Waals surface area (Å²) in [5.41, 5.74) is 6.49. The lowest BCUT2D eigenvalue weighted by Gasteiger charge is -2.34. The normalized spacial score (nSPS) is 13.3. The molecule has 0 radical (unpaired) electrons. The number of hydrogen-bond acceptors (Lipinski definition) is 3. The molecule has 0 aliphatic carbocycles. The minimum Gasteiger partial charge on any atom is -0.383 e. The zero-order valence-electron chi connectivity index (χ0n) is 11.7. The van der Waals surface area contributed by atoms with Gasteiger partial charge in [-0.2, -0.15) is 0 Å². The molecule has 1 unspecified atom stereocenters. The minimum absolute atomic E-state index is 0.148. The van der Waals surface area contributed by atoms with E-state index in [1.165, 1.54) is 6.07 Å². The molecule has 1 aromatic carbocycles. The first kappa shape index (κ1) is 16.0. The monoisotopic (exact) mass is 272 g/mol. The molecule has 0 fully saturated rings. The summed E-state index contributed by atoms with van der Waals surface area (Å²) in [6.07, 6.45) is 0. The van der Waals surface area contributed by atoms with Gasteiger partial charge in [0, 0.05) is 32.3 Å². The first-order valence-corrected chi connectivity index (χ1v) is 6.41. The second-order valence-corrected chi connectivity index (χ2v) is 4.75. The molecule has 0 saturated heterocycles. The number of halogens is 2. The Balaban J connectivity index is 2.97. The summed E-state index contributed by atoms with van der Waals surface area (Å²) in [4.78, 5) is 2.12. The Bertz CT molecular complexity index is 399. The summed E-state index contributed by atoms with van der Waals surface area (Å²) in [6.45, 7) is 5.68. The highest BCUT2D eigenvalue weighted by molar-refractivity contribution is 5.22. The Kier molecular flexibility index (Phi) is 6.34. The van der Waals surface area contributed by atoms with E-state index in [-0.39, 0.29) is 12.1 Å². The molecule has 1 atom stereocenters. The Hall–Kier alpha value is -1.04. The molecule has 2 N–H and O–H groups in total. The van der Waals surface area contributed by atoms with E-state index in [4.69, 9.17) is 10.5 Å². The largest absolute Gasteiger partial charge is 0.383 e. The van der Waals surface area contributed by atoms with Crippen LogP contribution in [-0.2, 0) is 4.74 Å². The maximum atomic E-state index is 13.3. The van der Waals surface area contributed by atoms with Gasteiger partial charge in [0.25, 0.3) is 0 Å². The quantitative estimate of drug-likeness (QED) is 0.828. The maximum Gasteiger partial charge on any atom is 0.159 e. The van der Waals surface area contributed by atoms with Crippen LogP contribution in [0.25, 0.3) is 0 Å². The first-order valence-electron chi connectivity index (χ1n) is 6.41. The summed E-state index contributed by atoms with van der Waals surface area (Å²) in [5.74, 6) is -1.68. The molecule has 3 nitrogen and oxygen atoms in total. The van der Waals surface area contributed by atoms with E-state index >= 15 is 0 Å². The molecule has 0 aliphatic heterocycles. The topological polar surface area (TPSA) is 38.5 Å². The van der Waals surface area contributed by atoms with Gasteiger partial charge in [-0.05, 0) is 31.5 Å². The third kappa shape index (κ3) is 4.23. The van der Waals surface area contributed by atoms with Crippen molar-refractivity contribution in [3.63, 3.8) is 0 Å². The second kappa shape index (κ2) is 7.53. The number of ether oxygens (including phenoxy) is 1. The van der Waals surface area contributed by atoms with Gasteiger partial charge in [0.2, 0.25) is 0 Å². The van der Waals surface area contributed by atoms with E-state index in [1.807, 2.05) is 13.8 Å². The van der Waals surface area contributed by atoms with Crippen molar-refractivity contribution >= 4 is 0 Å². The fraction of sp³-hybridized carbons (Fsp3) is 0.571. The lowest BCUT2D eigenvalue weighted by atomic mass is 10.0. The molecule has 5 heteroatoms. The Morgan fingerprint density at radius 3 is 2.42 bits per heavy atom. The lowest BCUT2D eigenvalue weighted by molar-refractivity contribution is 0.0978. The molecule has 0 aromatic heterocycles. The standard InChI is InChI=1S/C14H22F2N2O/c1-10(2)18(6-7-19-3)14(9-17)11-4-5-12(15)13(16)8-11/h4-5,8,10,14H,6-7,9,17H2,1-3H3. The van der Waals surface area contributed by atoms with Gasteiger partial charge in [-0.1, -0.05) is 6.07 Å². The lowest BCUT2D eigenvalue weighted by Crippen LogP contribution is -2.40. The highest BCUT2D eigenvalue weighted by Gasteiger charge is 2.22. The van der Waals surface area contributed by atoms with E-state index in [0.29, 0.717) is 25.3 Å². The van der Waals surface area contributed by atoms with Crippen LogP contribution in [0.3, 0.4) is 0 Å². The third-order valence-electron chi connectivity index (χ3n) is 3.17. The van der Waals surface area contributed by atoms with Gasteiger partial charge in [-0.3, -0.25) is 4.90 Å². The minimum atomic E-state index is -0.841. The van der Waals surface area contributed by atoms with Crippen LogP contribution in [0.5, 0.6) is 0 Å². The zero-order chi connectivity index (χ0) is 14.4. The second-order valence-electron chi connectivity index (χ2n) is 4.75. The predicted octanol–water partition coefficient (Wildman–Crippen LogP) is 2.32. The van der Waals surface area contributed by atoms with Crippen molar-refractivity contribution in [3.05, 3.63) is 35.4 Å². The van der Waals surface area contributed by atoms with Crippen molar-refractivity contribution in [2.45, 2.75) is 25.9 Å². The van der Waals surface area contributed by atoms with Crippen LogP contribution < -0.4 is 5.73 Å². The number of rotatable bonds is 7. The molecular weight excluding hydrogens is 250 g/mol. The highest BCUT2D eigenvalue weighted by Crippen LogP contribution is 2.23. The van der Waals surface area contributed by atoms with Crippen LogP contribution in [0.4, 0.5) is 8.78 Å². The molecular formula is C14H22F2N2O. The van der Waals surface area contributed by atoms with Gasteiger partial charge in [0.1, 0.15) is 0 Å². The van der Waals surface area contributed by atoms with Crippen molar-refractivity contribution in [2.75, 3.05) is 26.8 Å². The third-order valence-corrected chi connectivity index (χ3v) is 3.17. The fourth-order valence-electron chi connectivity index (χ4n) is 2.15. The summed E-state index contributed by atoms with van der Waals surface area (Å²) in [7, 11) is 1.63. The van der Waals surface area contributed by atoms with Crippen LogP contribution >= 0.6 is 0 Å². The van der Waals surface area contributed by atoms with Crippen molar-refractivity contribution in [2.24, 2.45) is 5.73 Å². The van der Waals surface area contributed by atoms with Crippen molar-refractivity contribution in [1.29, 1.82) is 0 Å². The Morgan fingerprint density at radius 2 is 1.95 bits per heavy atom. The molecule has 1 rings (SSSR count). The van der Waals surface area contributed by atoms with Gasteiger partial charge in [0.15, 0.2) is 11.6 Å². The Labute approximate surface area is 113 Å². The van der Waals surface area contributed by atoms with Gasteiger partial charge in [-0.25, -0.2) is 8.78 Å². The number of methoxy groups -OCH3 is 1. The van der Waals surface area contributed by atoms with Crippen LogP contribution in [0.2, 0.25) is 0 Å². The first-order chi connectivity index (χ1) is 9.01. The van der Waals surface area contributed by atoms with Crippen molar-refractivity contribution in [3.8, 4) is 0 Å². The van der Waals surface area contributed by atoms with Gasteiger partial charge >= 0.3 is 0 Å². The molecule has 108 valence electrons. The predicted molar refractivity (Wildman–Crippen MR) is 71.9 cm³/mol. The van der Waals surface area contributed by atoms with Crippen LogP contribution in [0.15, 0.2) is 18.2 Å². The highest BCUT2D eigenvalue weighted by atomic mass is 19.2. The van der Waals surface area contributed by atoms with Crippen LogP contribution in [-0.4, -0.2) is 37.7 Å². The molecule has 0 spiro atoms. The maximum absolute atomic E-state index is 13.3. The number of nitrogens with two attached hydrogens (primary N) is 1. The van der Waals surface area contributed by atoms with E-state index < -0.39 is 11.6 Å². The number of nitrogens with zero attached hydrogens (tertiary/aromatic N) is 1. The summed E-state index contributed by atoms with van der Waals surface area (Å²) < 4.78 is 31.4. The average molecular weight is 272 g/mol. The van der Waals surface area contributed by atoms with Crippen molar-refractivity contribution in [1.82, 2.24) is 4.90 Å². The smallest absolute Gasteiger partial charge is 0.159 e. The van der Waals surface area contributed by atoms with E-state index in [2.05, 4.69) is 4.90 Å². The molecule has 0 bridgehead atoms. The average Bonchev–Trinajstić information content (AvgIpc) is 2.37. The summed E-state index contributed by atoms with van der Waals surface area (Å²) in [5, 5.41) is 0. The number of benzene rings is 1. The van der Waals surface area contributed by atoms with E-state index in [1.54, 1.807) is 13.2 Å². The molecule has 19 heavy (non-hydrogen) atoms. The summed E-state index contributed by atoms with van der Waals surface area (Å²) in [6, 6.07) is 4.03. The van der Waals surface area contributed by atoms with Crippen LogP contribution in [0.1, 0.15) is 25.5 Å².